The Labute approximate surface area is 122 Å². The van der Waals surface area contributed by atoms with E-state index in [-0.39, 0.29) is 5.75 Å². The zero-order valence-corrected chi connectivity index (χ0v) is 12.3. The Bertz CT molecular complexity index is 660. The SMILES string of the molecule is Nc1ccccc1SCCS(=O)(=O)Nc1cccnc1. The van der Waals surface area contributed by atoms with Gasteiger partial charge in [0.2, 0.25) is 10.0 Å². The summed E-state index contributed by atoms with van der Waals surface area (Å²) in [5.41, 5.74) is 6.93. The molecule has 1 heterocycles. The summed E-state index contributed by atoms with van der Waals surface area (Å²) in [6.45, 7) is 0. The molecule has 0 atom stereocenters. The third kappa shape index (κ3) is 4.43. The second-order valence-corrected chi connectivity index (χ2v) is 7.03. The molecule has 2 aromatic rings. The highest BCUT2D eigenvalue weighted by Gasteiger charge is 2.11. The van der Waals surface area contributed by atoms with Crippen LogP contribution in [0.1, 0.15) is 0 Å². The van der Waals surface area contributed by atoms with Gasteiger partial charge in [-0.15, -0.1) is 11.8 Å². The summed E-state index contributed by atoms with van der Waals surface area (Å²) in [6, 6.07) is 10.7. The molecule has 1 aromatic heterocycles. The summed E-state index contributed by atoms with van der Waals surface area (Å²) in [4.78, 5) is 4.75. The average molecular weight is 309 g/mol. The lowest BCUT2D eigenvalue weighted by molar-refractivity contribution is 0.602. The molecule has 2 rings (SSSR count). The van der Waals surface area contributed by atoms with Gasteiger partial charge in [-0.1, -0.05) is 12.1 Å². The van der Waals surface area contributed by atoms with Crippen LogP contribution in [0.2, 0.25) is 0 Å². The Kier molecular flexibility index (Phi) is 4.86. The van der Waals surface area contributed by atoms with Crippen molar-refractivity contribution in [3.05, 3.63) is 48.8 Å². The zero-order valence-electron chi connectivity index (χ0n) is 10.7. The molecule has 20 heavy (non-hydrogen) atoms. The van der Waals surface area contributed by atoms with Crippen molar-refractivity contribution in [3.8, 4) is 0 Å². The number of nitrogen functional groups attached to an aromatic ring is 1. The first-order valence-corrected chi connectivity index (χ1v) is 8.58. The Morgan fingerprint density at radius 2 is 2.00 bits per heavy atom. The van der Waals surface area contributed by atoms with Crippen molar-refractivity contribution in [1.82, 2.24) is 4.98 Å². The molecule has 0 bridgehead atoms. The predicted molar refractivity (Wildman–Crippen MR) is 83.2 cm³/mol. The first-order valence-electron chi connectivity index (χ1n) is 5.95. The van der Waals surface area contributed by atoms with Gasteiger partial charge in [0.15, 0.2) is 0 Å². The number of hydrogen-bond donors (Lipinski definition) is 2. The van der Waals surface area contributed by atoms with Crippen LogP contribution < -0.4 is 10.5 Å². The molecule has 0 spiro atoms. The van der Waals surface area contributed by atoms with Crippen LogP contribution in [-0.4, -0.2) is 24.9 Å². The van der Waals surface area contributed by atoms with Crippen LogP contribution >= 0.6 is 11.8 Å². The van der Waals surface area contributed by atoms with Crippen LogP contribution in [0.25, 0.3) is 0 Å². The summed E-state index contributed by atoms with van der Waals surface area (Å²) in [7, 11) is -3.37. The Balaban J connectivity index is 1.89. The van der Waals surface area contributed by atoms with E-state index in [1.165, 1.54) is 18.0 Å². The molecule has 0 saturated carbocycles. The molecular weight excluding hydrogens is 294 g/mol. The minimum absolute atomic E-state index is 0.0148. The highest BCUT2D eigenvalue weighted by Crippen LogP contribution is 2.24. The van der Waals surface area contributed by atoms with Crippen molar-refractivity contribution in [1.29, 1.82) is 0 Å². The molecule has 0 aliphatic rings. The lowest BCUT2D eigenvalue weighted by atomic mass is 10.3. The van der Waals surface area contributed by atoms with E-state index in [0.717, 1.165) is 4.90 Å². The Hall–Kier alpha value is -1.73. The lowest BCUT2D eigenvalue weighted by Gasteiger charge is -2.08. The van der Waals surface area contributed by atoms with Crippen molar-refractivity contribution >= 4 is 33.2 Å². The van der Waals surface area contributed by atoms with E-state index in [1.54, 1.807) is 24.4 Å². The van der Waals surface area contributed by atoms with E-state index in [9.17, 15) is 8.42 Å². The molecule has 106 valence electrons. The van der Waals surface area contributed by atoms with Gasteiger partial charge in [-0.2, -0.15) is 0 Å². The van der Waals surface area contributed by atoms with E-state index in [4.69, 9.17) is 5.73 Å². The number of nitrogens with zero attached hydrogens (tertiary/aromatic N) is 1. The predicted octanol–water partition coefficient (Wildman–Crippen LogP) is 2.20. The van der Waals surface area contributed by atoms with Crippen molar-refractivity contribution in [2.75, 3.05) is 22.0 Å². The molecular formula is C13H15N3O2S2. The first kappa shape index (κ1) is 14.7. The van der Waals surface area contributed by atoms with Gasteiger partial charge in [0.1, 0.15) is 0 Å². The number of nitrogens with two attached hydrogens (primary N) is 1. The van der Waals surface area contributed by atoms with Gasteiger partial charge >= 0.3 is 0 Å². The van der Waals surface area contributed by atoms with Gasteiger partial charge < -0.3 is 5.73 Å². The van der Waals surface area contributed by atoms with Crippen molar-refractivity contribution in [3.63, 3.8) is 0 Å². The van der Waals surface area contributed by atoms with Crippen molar-refractivity contribution < 1.29 is 8.42 Å². The van der Waals surface area contributed by atoms with E-state index in [1.807, 2.05) is 18.2 Å². The number of aromatic nitrogens is 1. The largest absolute Gasteiger partial charge is 0.398 e. The number of thioether (sulfide) groups is 1. The third-order valence-electron chi connectivity index (χ3n) is 2.46. The number of anilines is 2. The molecule has 5 nitrogen and oxygen atoms in total. The van der Waals surface area contributed by atoms with Crippen LogP contribution in [0, 0.1) is 0 Å². The molecule has 0 saturated heterocycles. The fourth-order valence-electron chi connectivity index (χ4n) is 1.53. The fraction of sp³-hybridized carbons (Fsp3) is 0.154. The first-order chi connectivity index (χ1) is 9.57. The quantitative estimate of drug-likeness (QED) is 0.631. The smallest absolute Gasteiger partial charge is 0.233 e. The lowest BCUT2D eigenvalue weighted by Crippen LogP contribution is -2.18. The number of pyridine rings is 1. The topological polar surface area (TPSA) is 85.1 Å². The normalized spacial score (nSPS) is 11.2. The van der Waals surface area contributed by atoms with E-state index in [0.29, 0.717) is 17.1 Å². The van der Waals surface area contributed by atoms with Gasteiger partial charge in [-0.05, 0) is 24.3 Å². The van der Waals surface area contributed by atoms with Crippen molar-refractivity contribution in [2.24, 2.45) is 0 Å². The maximum Gasteiger partial charge on any atom is 0.233 e. The molecule has 3 N–H and O–H groups in total. The zero-order chi connectivity index (χ0) is 14.4. The molecule has 0 aliphatic heterocycles. The van der Waals surface area contributed by atoms with Gasteiger partial charge in [-0.25, -0.2) is 8.42 Å². The van der Waals surface area contributed by atoms with Crippen molar-refractivity contribution in [2.45, 2.75) is 4.90 Å². The second-order valence-electron chi connectivity index (χ2n) is 4.05. The summed E-state index contributed by atoms with van der Waals surface area (Å²) < 4.78 is 26.3. The monoisotopic (exact) mass is 309 g/mol. The Morgan fingerprint density at radius 3 is 2.70 bits per heavy atom. The molecule has 0 unspecified atom stereocenters. The molecule has 0 amide bonds. The van der Waals surface area contributed by atoms with Gasteiger partial charge in [0, 0.05) is 22.5 Å². The summed E-state index contributed by atoms with van der Waals surface area (Å²) in [6.07, 6.45) is 3.06. The van der Waals surface area contributed by atoms with Crippen LogP contribution in [0.5, 0.6) is 0 Å². The number of rotatable bonds is 6. The molecule has 0 radical (unpaired) electrons. The minimum Gasteiger partial charge on any atom is -0.398 e. The highest BCUT2D eigenvalue weighted by atomic mass is 32.2. The number of benzene rings is 1. The summed E-state index contributed by atoms with van der Waals surface area (Å²) in [5, 5.41) is 0. The van der Waals surface area contributed by atoms with Crippen LogP contribution in [0.4, 0.5) is 11.4 Å². The maximum absolute atomic E-state index is 11.9. The number of hydrogen-bond acceptors (Lipinski definition) is 5. The molecule has 1 aromatic carbocycles. The highest BCUT2D eigenvalue weighted by molar-refractivity contribution is 8.01. The fourth-order valence-corrected chi connectivity index (χ4v) is 3.95. The summed E-state index contributed by atoms with van der Waals surface area (Å²) >= 11 is 1.42. The standard InChI is InChI=1S/C13H15N3O2S2/c14-12-5-1-2-6-13(12)19-8-9-20(17,18)16-11-4-3-7-15-10-11/h1-7,10,16H,8-9,14H2. The minimum atomic E-state index is -3.37. The maximum atomic E-state index is 11.9. The van der Waals surface area contributed by atoms with Gasteiger partial charge in [0.05, 0.1) is 17.6 Å². The Morgan fingerprint density at radius 1 is 1.20 bits per heavy atom. The van der Waals surface area contributed by atoms with Crippen LogP contribution in [0.3, 0.4) is 0 Å². The number of nitrogens with one attached hydrogen (secondary N) is 1. The van der Waals surface area contributed by atoms with E-state index < -0.39 is 10.0 Å². The summed E-state index contributed by atoms with van der Waals surface area (Å²) in [5.74, 6) is 0.449. The molecule has 7 heteroatoms. The van der Waals surface area contributed by atoms with Crippen LogP contribution in [0.15, 0.2) is 53.7 Å². The van der Waals surface area contributed by atoms with Gasteiger partial charge in [-0.3, -0.25) is 9.71 Å². The third-order valence-corrected chi connectivity index (χ3v) is 5.10. The second kappa shape index (κ2) is 6.62. The molecule has 0 aliphatic carbocycles. The van der Waals surface area contributed by atoms with E-state index >= 15 is 0 Å². The number of sulfonamides is 1. The average Bonchev–Trinajstić information content (AvgIpc) is 2.41. The molecule has 0 fully saturated rings. The van der Waals surface area contributed by atoms with Gasteiger partial charge in [0.25, 0.3) is 0 Å². The van der Waals surface area contributed by atoms with E-state index in [2.05, 4.69) is 9.71 Å². The number of para-hydroxylation sites is 1. The van der Waals surface area contributed by atoms with Crippen LogP contribution in [-0.2, 0) is 10.0 Å².